The highest BCUT2D eigenvalue weighted by Gasteiger charge is 2.11. The first-order chi connectivity index (χ1) is 17.0. The molecule has 0 bridgehead atoms. The van der Waals surface area contributed by atoms with Gasteiger partial charge in [-0.15, -0.1) is 11.3 Å². The highest BCUT2D eigenvalue weighted by Crippen LogP contribution is 2.31. The van der Waals surface area contributed by atoms with E-state index in [0.717, 1.165) is 34.3 Å². The quantitative estimate of drug-likeness (QED) is 0.377. The fraction of sp³-hybridized carbons (Fsp3) is 0.115. The summed E-state index contributed by atoms with van der Waals surface area (Å²) in [5.41, 5.74) is 16.5. The lowest BCUT2D eigenvalue weighted by Gasteiger charge is -2.07. The van der Waals surface area contributed by atoms with E-state index in [0.29, 0.717) is 0 Å². The lowest BCUT2D eigenvalue weighted by Crippen LogP contribution is -2.16. The lowest BCUT2D eigenvalue weighted by molar-refractivity contribution is 0.0996. The van der Waals surface area contributed by atoms with Crippen LogP contribution in [0.5, 0.6) is 0 Å². The molecule has 4 heterocycles. The Kier molecular flexibility index (Phi) is 7.14. The Hall–Kier alpha value is -4.55. The minimum absolute atomic E-state index is 0.0162. The molecule has 0 saturated heterocycles. The summed E-state index contributed by atoms with van der Waals surface area (Å²) in [6, 6.07) is 12.6. The van der Waals surface area contributed by atoms with Crippen LogP contribution >= 0.6 is 11.3 Å². The summed E-state index contributed by atoms with van der Waals surface area (Å²) in [6.07, 6.45) is 7.40. The number of hydrogen-bond acceptors (Lipinski definition) is 7. The third kappa shape index (κ3) is 5.51. The summed E-state index contributed by atoms with van der Waals surface area (Å²) in [5.74, 6) is 5.84. The van der Waals surface area contributed by atoms with Crippen molar-refractivity contribution in [3.8, 4) is 23.1 Å². The van der Waals surface area contributed by atoms with Gasteiger partial charge in [0.1, 0.15) is 0 Å². The molecule has 0 aliphatic rings. The van der Waals surface area contributed by atoms with E-state index < -0.39 is 5.91 Å². The summed E-state index contributed by atoms with van der Waals surface area (Å²) < 4.78 is 2.95. The van der Waals surface area contributed by atoms with Crippen LogP contribution in [0.25, 0.3) is 21.5 Å². The Morgan fingerprint density at radius 3 is 2.54 bits per heavy atom. The molecular formula is C26H23N7OS. The molecule has 9 heteroatoms. The van der Waals surface area contributed by atoms with Crippen molar-refractivity contribution >= 4 is 33.3 Å². The molecule has 0 saturated carbocycles. The minimum atomic E-state index is -0.661. The van der Waals surface area contributed by atoms with E-state index in [4.69, 9.17) is 16.5 Å². The predicted molar refractivity (Wildman–Crippen MR) is 139 cm³/mol. The second kappa shape index (κ2) is 10.6. The molecule has 4 aromatic heterocycles. The topological polar surface area (TPSA) is 126 Å². The van der Waals surface area contributed by atoms with Gasteiger partial charge in [-0.05, 0) is 18.1 Å². The van der Waals surface area contributed by atoms with Gasteiger partial charge in [0, 0.05) is 36.6 Å². The van der Waals surface area contributed by atoms with Gasteiger partial charge >= 0.3 is 0 Å². The Morgan fingerprint density at radius 2 is 1.91 bits per heavy atom. The molecule has 0 aliphatic carbocycles. The van der Waals surface area contributed by atoms with E-state index in [1.807, 2.05) is 19.3 Å². The number of thiophene rings is 1. The van der Waals surface area contributed by atoms with Crippen LogP contribution in [-0.4, -0.2) is 30.6 Å². The number of amides is 1. The Balaban J connectivity index is 0.000000243. The zero-order valence-electron chi connectivity index (χ0n) is 19.3. The van der Waals surface area contributed by atoms with Gasteiger partial charge < -0.3 is 11.5 Å². The van der Waals surface area contributed by atoms with Crippen LogP contribution in [0.15, 0.2) is 66.6 Å². The van der Waals surface area contributed by atoms with E-state index in [1.165, 1.54) is 22.7 Å². The van der Waals surface area contributed by atoms with Crippen molar-refractivity contribution in [2.45, 2.75) is 13.3 Å². The normalized spacial score (nSPS) is 10.2. The summed E-state index contributed by atoms with van der Waals surface area (Å²) in [4.78, 5) is 22.7. The maximum absolute atomic E-state index is 10.5. The summed E-state index contributed by atoms with van der Waals surface area (Å²) >= 11 is 1.70. The van der Waals surface area contributed by atoms with Gasteiger partial charge in [-0.25, -0.2) is 15.0 Å². The van der Waals surface area contributed by atoms with Crippen LogP contribution in [-0.2, 0) is 13.5 Å². The van der Waals surface area contributed by atoms with E-state index in [-0.39, 0.29) is 11.5 Å². The van der Waals surface area contributed by atoms with Crippen molar-refractivity contribution in [3.05, 3.63) is 88.9 Å². The molecule has 1 amide bonds. The monoisotopic (exact) mass is 481 g/mol. The molecule has 5 rings (SSSR count). The maximum Gasteiger partial charge on any atom is 0.271 e. The number of aromatic nitrogens is 5. The molecule has 35 heavy (non-hydrogen) atoms. The SMILES string of the molecule is CCc1cc2scc(C#Cc3cnn(C)c3)c2nc1-c1ccccc1.NC(=O)c1nccnc1N. The number of nitrogens with zero attached hydrogens (tertiary/aromatic N) is 5. The van der Waals surface area contributed by atoms with Crippen molar-refractivity contribution in [2.75, 3.05) is 5.73 Å². The van der Waals surface area contributed by atoms with Crippen molar-refractivity contribution < 1.29 is 4.79 Å². The van der Waals surface area contributed by atoms with Crippen LogP contribution in [0, 0.1) is 11.8 Å². The Labute approximate surface area is 206 Å². The van der Waals surface area contributed by atoms with Gasteiger partial charge in [-0.1, -0.05) is 49.1 Å². The minimum Gasteiger partial charge on any atom is -0.382 e. The highest BCUT2D eigenvalue weighted by molar-refractivity contribution is 7.17. The van der Waals surface area contributed by atoms with Gasteiger partial charge in [0.05, 0.1) is 33.2 Å². The predicted octanol–water partition coefficient (Wildman–Crippen LogP) is 3.82. The average Bonchev–Trinajstić information content (AvgIpc) is 3.48. The number of nitrogen functional groups attached to an aromatic ring is 1. The van der Waals surface area contributed by atoms with Crippen molar-refractivity contribution in [2.24, 2.45) is 12.8 Å². The number of pyridine rings is 1. The third-order valence-corrected chi connectivity index (χ3v) is 5.98. The van der Waals surface area contributed by atoms with Crippen molar-refractivity contribution in [1.82, 2.24) is 24.7 Å². The van der Waals surface area contributed by atoms with Crippen LogP contribution in [0.3, 0.4) is 0 Å². The fourth-order valence-corrected chi connectivity index (χ4v) is 4.26. The largest absolute Gasteiger partial charge is 0.382 e. The van der Waals surface area contributed by atoms with Gasteiger partial charge in [-0.3, -0.25) is 9.48 Å². The first-order valence-electron chi connectivity index (χ1n) is 10.8. The molecule has 174 valence electrons. The number of anilines is 1. The summed E-state index contributed by atoms with van der Waals surface area (Å²) in [7, 11) is 1.89. The second-order valence-corrected chi connectivity index (χ2v) is 8.43. The average molecular weight is 482 g/mol. The molecule has 0 fully saturated rings. The molecule has 8 nitrogen and oxygen atoms in total. The molecule has 1 aromatic carbocycles. The highest BCUT2D eigenvalue weighted by atomic mass is 32.1. The standard InChI is InChI=1S/C21H17N3S.C5H6N4O/c1-3-16-11-19-21(23-20(16)17-7-5-4-6-8-17)18(14-25-19)10-9-15-12-22-24(2)13-15;6-4-3(5(7)10)8-1-2-9-4/h4-8,11-14H,3H2,1-2H3;1-2H,(H2,6,9)(H2,7,10). The number of rotatable bonds is 3. The fourth-order valence-electron chi connectivity index (χ4n) is 3.36. The summed E-state index contributed by atoms with van der Waals surface area (Å²) in [5, 5.41) is 6.25. The number of primary amides is 1. The molecule has 4 N–H and O–H groups in total. The number of fused-ring (bicyclic) bond motifs is 1. The molecule has 0 radical (unpaired) electrons. The van der Waals surface area contributed by atoms with Crippen LogP contribution in [0.2, 0.25) is 0 Å². The second-order valence-electron chi connectivity index (χ2n) is 7.52. The first-order valence-corrected chi connectivity index (χ1v) is 11.7. The zero-order valence-corrected chi connectivity index (χ0v) is 20.1. The number of hydrogen-bond donors (Lipinski definition) is 2. The van der Waals surface area contributed by atoms with Crippen LogP contribution < -0.4 is 11.5 Å². The maximum atomic E-state index is 10.5. The number of nitrogens with two attached hydrogens (primary N) is 2. The van der Waals surface area contributed by atoms with E-state index in [9.17, 15) is 4.79 Å². The first kappa shape index (κ1) is 23.6. The number of carbonyl (C=O) groups is 1. The smallest absolute Gasteiger partial charge is 0.271 e. The van der Waals surface area contributed by atoms with Crippen LogP contribution in [0.4, 0.5) is 5.82 Å². The van der Waals surface area contributed by atoms with Gasteiger partial charge in [0.2, 0.25) is 0 Å². The number of benzene rings is 1. The van der Waals surface area contributed by atoms with Gasteiger partial charge in [0.25, 0.3) is 5.91 Å². The zero-order chi connectivity index (χ0) is 24.8. The van der Waals surface area contributed by atoms with E-state index in [2.05, 4.69) is 69.5 Å². The molecule has 0 aliphatic heterocycles. The van der Waals surface area contributed by atoms with E-state index >= 15 is 0 Å². The van der Waals surface area contributed by atoms with E-state index in [1.54, 1.807) is 22.2 Å². The Morgan fingerprint density at radius 1 is 1.14 bits per heavy atom. The molecule has 5 aromatic rings. The molecule has 0 spiro atoms. The number of aryl methyl sites for hydroxylation is 2. The van der Waals surface area contributed by atoms with Gasteiger partial charge in [0.15, 0.2) is 11.5 Å². The summed E-state index contributed by atoms with van der Waals surface area (Å²) in [6.45, 7) is 2.17. The van der Waals surface area contributed by atoms with Gasteiger partial charge in [-0.2, -0.15) is 5.10 Å². The Bertz CT molecular complexity index is 1540. The van der Waals surface area contributed by atoms with Crippen LogP contribution in [0.1, 0.15) is 34.1 Å². The third-order valence-electron chi connectivity index (χ3n) is 5.06. The van der Waals surface area contributed by atoms with Crippen molar-refractivity contribution in [3.63, 3.8) is 0 Å². The number of carbonyl (C=O) groups excluding carboxylic acids is 1. The van der Waals surface area contributed by atoms with Crippen molar-refractivity contribution in [1.29, 1.82) is 0 Å². The molecule has 0 unspecified atom stereocenters. The molecular weight excluding hydrogens is 458 g/mol. The lowest BCUT2D eigenvalue weighted by atomic mass is 10.0. The molecule has 0 atom stereocenters.